The normalized spacial score (nSPS) is 14.2. The average Bonchev–Trinajstić information content (AvgIpc) is 2.41. The second kappa shape index (κ2) is 2.00. The summed E-state index contributed by atoms with van der Waals surface area (Å²) in [7, 11) is 0. The van der Waals surface area contributed by atoms with Gasteiger partial charge in [-0.25, -0.2) is 0 Å². The molecule has 1 aromatic heterocycles. The molecule has 2 heterocycles. The van der Waals surface area contributed by atoms with Crippen molar-refractivity contribution >= 4 is 11.6 Å². The van der Waals surface area contributed by atoms with Crippen LogP contribution < -0.4 is 11.2 Å². The Labute approximate surface area is 62.1 Å². The van der Waals surface area contributed by atoms with Crippen molar-refractivity contribution in [2.45, 2.75) is 6.61 Å². The second-order valence-corrected chi connectivity index (χ2v) is 2.21. The van der Waals surface area contributed by atoms with Crippen LogP contribution in [0, 0.1) is 0 Å². The van der Waals surface area contributed by atoms with E-state index >= 15 is 0 Å². The van der Waals surface area contributed by atoms with Crippen LogP contribution in [0.1, 0.15) is 16.1 Å². The van der Waals surface area contributed by atoms with Gasteiger partial charge in [0.2, 0.25) is 0 Å². The minimum Gasteiger partial charge on any atom is -0.456 e. The zero-order valence-electron chi connectivity index (χ0n) is 5.59. The summed E-state index contributed by atoms with van der Waals surface area (Å²) in [6.45, 7) is 0.324. The lowest BCUT2D eigenvalue weighted by Crippen LogP contribution is -2.11. The largest absolute Gasteiger partial charge is 0.456 e. The average molecular weight is 154 g/mol. The lowest BCUT2D eigenvalue weighted by molar-refractivity contribution is 0.0968. The van der Waals surface area contributed by atoms with Crippen LogP contribution in [0.15, 0.2) is 10.7 Å². The van der Waals surface area contributed by atoms with Crippen molar-refractivity contribution in [1.29, 1.82) is 0 Å². The highest BCUT2D eigenvalue weighted by molar-refractivity contribution is 5.93. The molecule has 0 radical (unpaired) electrons. The van der Waals surface area contributed by atoms with E-state index in [9.17, 15) is 4.79 Å². The molecule has 0 spiro atoms. The van der Waals surface area contributed by atoms with Gasteiger partial charge in [-0.1, -0.05) is 0 Å². The van der Waals surface area contributed by atoms with Crippen molar-refractivity contribution in [2.24, 2.45) is 5.73 Å². The molecule has 0 bridgehead atoms. The van der Waals surface area contributed by atoms with E-state index in [1.54, 1.807) is 0 Å². The maximum absolute atomic E-state index is 10.7. The number of hydrogen-bond acceptors (Lipinski definition) is 4. The van der Waals surface area contributed by atoms with E-state index in [0.29, 0.717) is 17.9 Å². The molecule has 0 saturated carbocycles. The number of primary amides is 1. The first-order valence-corrected chi connectivity index (χ1v) is 3.07. The number of furan rings is 1. The number of amides is 1. The SMILES string of the molecule is NC(=O)c1occ2c1CON2. The van der Waals surface area contributed by atoms with Crippen molar-refractivity contribution < 1.29 is 14.0 Å². The van der Waals surface area contributed by atoms with Crippen LogP contribution >= 0.6 is 0 Å². The highest BCUT2D eigenvalue weighted by Crippen LogP contribution is 2.27. The fourth-order valence-corrected chi connectivity index (χ4v) is 1.00. The predicted octanol–water partition coefficient (Wildman–Crippen LogP) is 0.236. The van der Waals surface area contributed by atoms with Crippen LogP contribution in [0.5, 0.6) is 0 Å². The first-order chi connectivity index (χ1) is 5.29. The summed E-state index contributed by atoms with van der Waals surface area (Å²) in [6, 6.07) is 0. The Morgan fingerprint density at radius 2 is 2.55 bits per heavy atom. The summed E-state index contributed by atoms with van der Waals surface area (Å²) < 4.78 is 4.88. The van der Waals surface area contributed by atoms with Crippen molar-refractivity contribution in [3.8, 4) is 0 Å². The van der Waals surface area contributed by atoms with E-state index in [2.05, 4.69) is 5.48 Å². The molecule has 0 aromatic carbocycles. The molecule has 0 unspecified atom stereocenters. The van der Waals surface area contributed by atoms with Gasteiger partial charge >= 0.3 is 0 Å². The number of fused-ring (bicyclic) bond motifs is 1. The molecule has 58 valence electrons. The van der Waals surface area contributed by atoms with Crippen LogP contribution in [0.4, 0.5) is 5.69 Å². The summed E-state index contributed by atoms with van der Waals surface area (Å²) in [4.78, 5) is 15.5. The number of carbonyl (C=O) groups excluding carboxylic acids is 1. The number of carbonyl (C=O) groups is 1. The number of nitrogens with one attached hydrogen (secondary N) is 1. The zero-order valence-corrected chi connectivity index (χ0v) is 5.59. The minimum absolute atomic E-state index is 0.171. The fourth-order valence-electron chi connectivity index (χ4n) is 1.00. The summed E-state index contributed by atoms with van der Waals surface area (Å²) in [5.41, 5.74) is 8.96. The molecular weight excluding hydrogens is 148 g/mol. The van der Waals surface area contributed by atoms with Crippen molar-refractivity contribution in [2.75, 3.05) is 5.48 Å². The fraction of sp³-hybridized carbons (Fsp3) is 0.167. The van der Waals surface area contributed by atoms with Crippen LogP contribution in [0.2, 0.25) is 0 Å². The molecule has 1 aliphatic rings. The van der Waals surface area contributed by atoms with Gasteiger partial charge in [-0.2, -0.15) is 0 Å². The minimum atomic E-state index is -0.571. The Morgan fingerprint density at radius 1 is 1.73 bits per heavy atom. The van der Waals surface area contributed by atoms with Crippen LogP contribution in [-0.2, 0) is 11.4 Å². The Kier molecular flexibility index (Phi) is 1.13. The van der Waals surface area contributed by atoms with E-state index in [0.717, 1.165) is 0 Å². The third-order valence-electron chi connectivity index (χ3n) is 1.52. The van der Waals surface area contributed by atoms with E-state index in [4.69, 9.17) is 15.0 Å². The van der Waals surface area contributed by atoms with E-state index in [1.807, 2.05) is 0 Å². The molecule has 0 saturated heterocycles. The molecule has 3 N–H and O–H groups in total. The van der Waals surface area contributed by atoms with Gasteiger partial charge in [0, 0.05) is 0 Å². The molecule has 2 rings (SSSR count). The van der Waals surface area contributed by atoms with Gasteiger partial charge in [0.1, 0.15) is 18.6 Å². The lowest BCUT2D eigenvalue weighted by Gasteiger charge is -1.90. The van der Waals surface area contributed by atoms with Crippen LogP contribution in [0.25, 0.3) is 0 Å². The van der Waals surface area contributed by atoms with Gasteiger partial charge in [0.05, 0.1) is 5.56 Å². The number of hydrogen-bond donors (Lipinski definition) is 2. The molecule has 11 heavy (non-hydrogen) atoms. The van der Waals surface area contributed by atoms with Gasteiger partial charge in [-0.15, -0.1) is 0 Å². The molecule has 0 fully saturated rings. The predicted molar refractivity (Wildman–Crippen MR) is 35.6 cm³/mol. The van der Waals surface area contributed by atoms with E-state index in [-0.39, 0.29) is 5.76 Å². The molecule has 0 aliphatic carbocycles. The standard InChI is InChI=1S/C6H6N2O3/c7-6(9)5-3-1-11-8-4(3)2-10-5/h2,8H,1H2,(H2,7,9). The highest BCUT2D eigenvalue weighted by Gasteiger charge is 2.22. The Morgan fingerprint density at radius 3 is 3.27 bits per heavy atom. The molecular formula is C6H6N2O3. The van der Waals surface area contributed by atoms with E-state index in [1.165, 1.54) is 6.26 Å². The van der Waals surface area contributed by atoms with Gasteiger partial charge in [0.25, 0.3) is 5.91 Å². The number of anilines is 1. The molecule has 1 aliphatic heterocycles. The smallest absolute Gasteiger partial charge is 0.284 e. The van der Waals surface area contributed by atoms with Gasteiger partial charge in [-0.05, 0) is 0 Å². The summed E-state index contributed by atoms with van der Waals surface area (Å²) in [5.74, 6) is -0.399. The number of nitrogens with two attached hydrogens (primary N) is 1. The Balaban J connectivity index is 2.50. The van der Waals surface area contributed by atoms with Gasteiger partial charge in [-0.3, -0.25) is 15.1 Å². The van der Waals surface area contributed by atoms with E-state index < -0.39 is 5.91 Å². The Bertz CT molecular complexity index is 305. The third kappa shape index (κ3) is 0.779. The van der Waals surface area contributed by atoms with Crippen LogP contribution in [0.3, 0.4) is 0 Å². The topological polar surface area (TPSA) is 77.5 Å². The van der Waals surface area contributed by atoms with Gasteiger partial charge < -0.3 is 10.2 Å². The van der Waals surface area contributed by atoms with Crippen molar-refractivity contribution in [1.82, 2.24) is 0 Å². The van der Waals surface area contributed by atoms with Crippen LogP contribution in [-0.4, -0.2) is 5.91 Å². The second-order valence-electron chi connectivity index (χ2n) is 2.21. The summed E-state index contributed by atoms with van der Waals surface area (Å²) in [6.07, 6.45) is 1.41. The first-order valence-electron chi connectivity index (χ1n) is 3.07. The zero-order chi connectivity index (χ0) is 7.84. The number of rotatable bonds is 1. The Hall–Kier alpha value is -1.49. The quantitative estimate of drug-likeness (QED) is 0.607. The first kappa shape index (κ1) is 6.23. The lowest BCUT2D eigenvalue weighted by atomic mass is 10.2. The molecule has 1 amide bonds. The molecule has 1 aromatic rings. The maximum Gasteiger partial charge on any atom is 0.284 e. The third-order valence-corrected chi connectivity index (χ3v) is 1.52. The molecule has 5 nitrogen and oxygen atoms in total. The maximum atomic E-state index is 10.7. The monoisotopic (exact) mass is 154 g/mol. The van der Waals surface area contributed by atoms with Crippen molar-refractivity contribution in [3.63, 3.8) is 0 Å². The highest BCUT2D eigenvalue weighted by atomic mass is 16.7. The molecule has 5 heteroatoms. The molecule has 0 atom stereocenters. The van der Waals surface area contributed by atoms with Crippen molar-refractivity contribution in [3.05, 3.63) is 17.6 Å². The van der Waals surface area contributed by atoms with Gasteiger partial charge in [0.15, 0.2) is 5.76 Å². The summed E-state index contributed by atoms with van der Waals surface area (Å²) in [5, 5.41) is 0. The summed E-state index contributed by atoms with van der Waals surface area (Å²) >= 11 is 0.